The normalized spacial score (nSPS) is 10.8. The molecule has 0 aliphatic rings. The van der Waals surface area contributed by atoms with Crippen LogP contribution in [0.4, 0.5) is 0 Å². The molecule has 2 aromatic rings. The van der Waals surface area contributed by atoms with Crippen molar-refractivity contribution >= 4 is 28.0 Å². The average molecular weight is 347 g/mol. The van der Waals surface area contributed by atoms with E-state index in [4.69, 9.17) is 9.84 Å². The zero-order valence-corrected chi connectivity index (χ0v) is 13.3. The molecule has 0 radical (unpaired) electrons. The first-order chi connectivity index (χ1) is 9.94. The molecule has 0 aromatic heterocycles. The van der Waals surface area contributed by atoms with Gasteiger partial charge in [0.05, 0.1) is 4.47 Å². The standard InChI is InChI=1S/C17H15BrO3/c1-11-7-12(2)9-14(8-11)21-16-5-3-13(10-15(16)18)4-6-17(19)20/h3-10H,1-2H3,(H,19,20)/b6-4+. The van der Waals surface area contributed by atoms with Crippen molar-refractivity contribution in [3.05, 3.63) is 63.6 Å². The van der Waals surface area contributed by atoms with Crippen LogP contribution in [0.25, 0.3) is 6.08 Å². The minimum Gasteiger partial charge on any atom is -0.478 e. The summed E-state index contributed by atoms with van der Waals surface area (Å²) in [5.74, 6) is 0.496. The fraction of sp³-hybridized carbons (Fsp3) is 0.118. The highest BCUT2D eigenvalue weighted by molar-refractivity contribution is 9.10. The summed E-state index contributed by atoms with van der Waals surface area (Å²) in [6.45, 7) is 4.05. The van der Waals surface area contributed by atoms with Gasteiger partial charge in [-0.15, -0.1) is 0 Å². The Balaban J connectivity index is 2.23. The predicted octanol–water partition coefficient (Wildman–Crippen LogP) is 4.96. The lowest BCUT2D eigenvalue weighted by molar-refractivity contribution is -0.131. The van der Waals surface area contributed by atoms with Gasteiger partial charge in [0.15, 0.2) is 0 Å². The van der Waals surface area contributed by atoms with E-state index in [-0.39, 0.29) is 0 Å². The Hall–Kier alpha value is -2.07. The van der Waals surface area contributed by atoms with Crippen LogP contribution in [0.15, 0.2) is 46.9 Å². The lowest BCUT2D eigenvalue weighted by Gasteiger charge is -2.10. The summed E-state index contributed by atoms with van der Waals surface area (Å²) in [4.78, 5) is 10.5. The van der Waals surface area contributed by atoms with E-state index in [0.717, 1.165) is 33.0 Å². The number of hydrogen-bond acceptors (Lipinski definition) is 2. The summed E-state index contributed by atoms with van der Waals surface area (Å²) in [7, 11) is 0. The van der Waals surface area contributed by atoms with E-state index in [9.17, 15) is 4.79 Å². The van der Waals surface area contributed by atoms with Gasteiger partial charge >= 0.3 is 5.97 Å². The molecule has 4 heteroatoms. The first-order valence-corrected chi connectivity index (χ1v) is 7.20. The Morgan fingerprint density at radius 2 is 1.81 bits per heavy atom. The van der Waals surface area contributed by atoms with Crippen LogP contribution in [0.3, 0.4) is 0 Å². The van der Waals surface area contributed by atoms with Gasteiger partial charge in [-0.25, -0.2) is 4.79 Å². The molecular formula is C17H15BrO3. The van der Waals surface area contributed by atoms with Crippen LogP contribution < -0.4 is 4.74 Å². The number of carboxylic acids is 1. The SMILES string of the molecule is Cc1cc(C)cc(Oc2ccc(/C=C/C(=O)O)cc2Br)c1. The number of benzene rings is 2. The third-order valence-electron chi connectivity index (χ3n) is 2.80. The second kappa shape index (κ2) is 6.59. The number of ether oxygens (including phenoxy) is 1. The number of rotatable bonds is 4. The van der Waals surface area contributed by atoms with Crippen molar-refractivity contribution in [2.75, 3.05) is 0 Å². The van der Waals surface area contributed by atoms with E-state index in [0.29, 0.717) is 5.75 Å². The molecule has 1 N–H and O–H groups in total. The van der Waals surface area contributed by atoms with Crippen molar-refractivity contribution in [2.24, 2.45) is 0 Å². The van der Waals surface area contributed by atoms with E-state index in [1.54, 1.807) is 0 Å². The van der Waals surface area contributed by atoms with Gasteiger partial charge < -0.3 is 9.84 Å². The molecule has 2 rings (SSSR count). The van der Waals surface area contributed by atoms with Gasteiger partial charge in [0.2, 0.25) is 0 Å². The van der Waals surface area contributed by atoms with E-state index in [2.05, 4.69) is 22.0 Å². The highest BCUT2D eigenvalue weighted by atomic mass is 79.9. The van der Waals surface area contributed by atoms with E-state index in [1.807, 2.05) is 44.2 Å². The van der Waals surface area contributed by atoms with Gasteiger partial charge in [0.25, 0.3) is 0 Å². The van der Waals surface area contributed by atoms with E-state index < -0.39 is 5.97 Å². The van der Waals surface area contributed by atoms with Gasteiger partial charge in [-0.3, -0.25) is 0 Å². The minimum absolute atomic E-state index is 0.687. The highest BCUT2D eigenvalue weighted by Gasteiger charge is 2.04. The van der Waals surface area contributed by atoms with E-state index >= 15 is 0 Å². The summed E-state index contributed by atoms with van der Waals surface area (Å²) in [6.07, 6.45) is 2.64. The summed E-state index contributed by atoms with van der Waals surface area (Å²) in [5.41, 5.74) is 3.07. The van der Waals surface area contributed by atoms with Crippen LogP contribution in [-0.4, -0.2) is 11.1 Å². The monoisotopic (exact) mass is 346 g/mol. The Morgan fingerprint density at radius 3 is 2.38 bits per heavy atom. The van der Waals surface area contributed by atoms with Crippen LogP contribution >= 0.6 is 15.9 Å². The van der Waals surface area contributed by atoms with Crippen molar-refractivity contribution in [1.29, 1.82) is 0 Å². The van der Waals surface area contributed by atoms with Gasteiger partial charge in [0, 0.05) is 6.08 Å². The maximum atomic E-state index is 10.5. The van der Waals surface area contributed by atoms with Gasteiger partial charge in [-0.1, -0.05) is 12.1 Å². The van der Waals surface area contributed by atoms with Crippen molar-refractivity contribution in [2.45, 2.75) is 13.8 Å². The predicted molar refractivity (Wildman–Crippen MR) is 86.8 cm³/mol. The van der Waals surface area contributed by atoms with Crippen LogP contribution in [0.5, 0.6) is 11.5 Å². The molecule has 2 aromatic carbocycles. The Bertz CT molecular complexity index is 685. The molecule has 0 saturated heterocycles. The maximum Gasteiger partial charge on any atom is 0.328 e. The third-order valence-corrected chi connectivity index (χ3v) is 3.42. The number of halogens is 1. The lowest BCUT2D eigenvalue weighted by atomic mass is 10.1. The molecule has 108 valence electrons. The lowest BCUT2D eigenvalue weighted by Crippen LogP contribution is -1.89. The quantitative estimate of drug-likeness (QED) is 0.796. The molecular weight excluding hydrogens is 332 g/mol. The van der Waals surface area contributed by atoms with Gasteiger partial charge in [-0.2, -0.15) is 0 Å². The molecule has 0 unspecified atom stereocenters. The van der Waals surface area contributed by atoms with Crippen molar-refractivity contribution in [3.8, 4) is 11.5 Å². The summed E-state index contributed by atoms with van der Waals surface area (Å²) in [5, 5.41) is 8.62. The van der Waals surface area contributed by atoms with E-state index in [1.165, 1.54) is 6.08 Å². The van der Waals surface area contributed by atoms with Gasteiger partial charge in [-0.05, 0) is 76.8 Å². The van der Waals surface area contributed by atoms with Gasteiger partial charge in [0.1, 0.15) is 11.5 Å². The zero-order valence-electron chi connectivity index (χ0n) is 11.8. The van der Waals surface area contributed by atoms with Crippen LogP contribution in [-0.2, 0) is 4.79 Å². The van der Waals surface area contributed by atoms with Crippen LogP contribution in [0.1, 0.15) is 16.7 Å². The second-order valence-electron chi connectivity index (χ2n) is 4.79. The fourth-order valence-corrected chi connectivity index (χ4v) is 2.47. The van der Waals surface area contributed by atoms with Crippen molar-refractivity contribution in [1.82, 2.24) is 0 Å². The number of aliphatic carboxylic acids is 1. The van der Waals surface area contributed by atoms with Crippen LogP contribution in [0, 0.1) is 13.8 Å². The summed E-state index contributed by atoms with van der Waals surface area (Å²) < 4.78 is 6.64. The molecule has 3 nitrogen and oxygen atoms in total. The molecule has 0 aliphatic carbocycles. The second-order valence-corrected chi connectivity index (χ2v) is 5.64. The first kappa shape index (κ1) is 15.3. The highest BCUT2D eigenvalue weighted by Crippen LogP contribution is 2.31. The third kappa shape index (κ3) is 4.46. The van der Waals surface area contributed by atoms with Crippen molar-refractivity contribution in [3.63, 3.8) is 0 Å². The zero-order chi connectivity index (χ0) is 15.4. The molecule has 0 aliphatic heterocycles. The summed E-state index contributed by atoms with van der Waals surface area (Å²) in [6, 6.07) is 11.5. The average Bonchev–Trinajstić information content (AvgIpc) is 2.38. The van der Waals surface area contributed by atoms with Crippen LogP contribution in [0.2, 0.25) is 0 Å². The Labute approximate surface area is 132 Å². The number of carbonyl (C=O) groups is 1. The molecule has 21 heavy (non-hydrogen) atoms. The Kier molecular flexibility index (Phi) is 4.81. The smallest absolute Gasteiger partial charge is 0.328 e. The van der Waals surface area contributed by atoms with Crippen molar-refractivity contribution < 1.29 is 14.6 Å². The maximum absolute atomic E-state index is 10.5. The fourth-order valence-electron chi connectivity index (χ4n) is 1.99. The minimum atomic E-state index is -0.971. The Morgan fingerprint density at radius 1 is 1.14 bits per heavy atom. The molecule has 0 fully saturated rings. The molecule has 0 saturated carbocycles. The molecule has 0 amide bonds. The topological polar surface area (TPSA) is 46.5 Å². The molecule has 0 atom stereocenters. The number of aryl methyl sites for hydroxylation is 2. The number of carboxylic acid groups (broad SMARTS) is 1. The largest absolute Gasteiger partial charge is 0.478 e. The number of hydrogen-bond donors (Lipinski definition) is 1. The molecule has 0 bridgehead atoms. The molecule has 0 heterocycles. The summed E-state index contributed by atoms with van der Waals surface area (Å²) >= 11 is 3.44. The first-order valence-electron chi connectivity index (χ1n) is 6.41. The molecule has 0 spiro atoms.